The minimum absolute atomic E-state index is 0.0525. The molecule has 1 unspecified atom stereocenters. The van der Waals surface area contributed by atoms with Gasteiger partial charge in [0.2, 0.25) is 21.9 Å². The van der Waals surface area contributed by atoms with E-state index in [9.17, 15) is 31.2 Å². The Bertz CT molecular complexity index is 1750. The van der Waals surface area contributed by atoms with E-state index in [0.717, 1.165) is 49.2 Å². The van der Waals surface area contributed by atoms with Gasteiger partial charge in [-0.3, -0.25) is 19.7 Å². The number of carbonyl (C=O) groups excluding carboxylic acids is 2. The third kappa shape index (κ3) is 7.42. The predicted octanol–water partition coefficient (Wildman–Crippen LogP) is 3.69. The van der Waals surface area contributed by atoms with Crippen molar-refractivity contribution >= 4 is 44.6 Å². The highest BCUT2D eigenvalue weighted by molar-refractivity contribution is 7.89. The van der Waals surface area contributed by atoms with E-state index in [2.05, 4.69) is 49.7 Å². The minimum atomic E-state index is -4.50. The van der Waals surface area contributed by atoms with Gasteiger partial charge in [-0.1, -0.05) is 6.07 Å². The van der Waals surface area contributed by atoms with E-state index >= 15 is 0 Å². The van der Waals surface area contributed by atoms with E-state index in [4.69, 9.17) is 0 Å². The zero-order valence-electron chi connectivity index (χ0n) is 26.9. The van der Waals surface area contributed by atoms with Crippen molar-refractivity contribution < 1.29 is 31.2 Å². The molecule has 1 atom stereocenters. The zero-order valence-corrected chi connectivity index (χ0v) is 27.7. The average Bonchev–Trinajstić information content (AvgIpc) is 3.39. The Morgan fingerprint density at radius 2 is 1.71 bits per heavy atom. The number of hydrogen-bond acceptors (Lipinski definition) is 9. The molecule has 0 saturated carbocycles. The maximum atomic E-state index is 13.2. The third-order valence-corrected chi connectivity index (χ3v) is 11.6. The summed E-state index contributed by atoms with van der Waals surface area (Å²) in [4.78, 5) is 35.4. The number of halogens is 3. The fourth-order valence-corrected chi connectivity index (χ4v) is 8.45. The lowest BCUT2D eigenvalue weighted by Crippen LogP contribution is -2.49. The highest BCUT2D eigenvalue weighted by Crippen LogP contribution is 2.34. The smallest absolute Gasteiger partial charge is 0.351 e. The van der Waals surface area contributed by atoms with Crippen molar-refractivity contribution in [2.45, 2.75) is 69.6 Å². The van der Waals surface area contributed by atoms with Crippen LogP contribution in [0.5, 0.6) is 0 Å². The second-order valence-corrected chi connectivity index (χ2v) is 14.9. The van der Waals surface area contributed by atoms with Crippen LogP contribution in [0.3, 0.4) is 0 Å². The Hall–Kier alpha value is -3.83. The van der Waals surface area contributed by atoms with Crippen LogP contribution in [0.2, 0.25) is 0 Å². The Morgan fingerprint density at radius 1 is 1.02 bits per heavy atom. The fourth-order valence-electron chi connectivity index (χ4n) is 6.79. The number of carbonyl (C=O) groups is 2. The number of alkyl halides is 3. The number of rotatable bonds is 9. The number of nitrogens with zero attached hydrogens (tertiary/aromatic N) is 7. The van der Waals surface area contributed by atoms with Crippen LogP contribution < -0.4 is 15.5 Å². The second kappa shape index (κ2) is 13.6. The molecule has 0 spiro atoms. The van der Waals surface area contributed by atoms with Gasteiger partial charge in [-0.2, -0.15) is 18.3 Å². The molecule has 3 amide bonds. The van der Waals surface area contributed by atoms with E-state index in [1.54, 1.807) is 4.68 Å². The number of fused-ring (bicyclic) bond motifs is 1. The first-order valence-corrected chi connectivity index (χ1v) is 17.8. The van der Waals surface area contributed by atoms with Crippen molar-refractivity contribution in [3.63, 3.8) is 0 Å². The molecule has 0 radical (unpaired) electrons. The SMILES string of the molecule is CC(CCS(=O)(=O)N1CCC(Nc2ncc(C(F)(F)F)cn2)CC1)N1CCC(c2ccc3c(N4CCC(=O)NC4=O)nn(C)c3c2)CC1. The molecular weight excluding hydrogens is 651 g/mol. The topological polar surface area (TPSA) is 146 Å². The molecule has 3 aliphatic heterocycles. The number of hydrogen-bond donors (Lipinski definition) is 2. The van der Waals surface area contributed by atoms with Crippen LogP contribution in [0.25, 0.3) is 10.9 Å². The van der Waals surface area contributed by atoms with Crippen LogP contribution in [-0.4, -0.2) is 99.9 Å². The highest BCUT2D eigenvalue weighted by Gasteiger charge is 2.33. The van der Waals surface area contributed by atoms with Gasteiger partial charge in [-0.15, -0.1) is 0 Å². The number of nitrogens with one attached hydrogen (secondary N) is 2. The van der Waals surface area contributed by atoms with Gasteiger partial charge in [0.1, 0.15) is 0 Å². The lowest BCUT2D eigenvalue weighted by Gasteiger charge is -2.37. The summed E-state index contributed by atoms with van der Waals surface area (Å²) < 4.78 is 67.9. The van der Waals surface area contributed by atoms with Crippen molar-refractivity contribution in [1.29, 1.82) is 0 Å². The Labute approximate surface area is 276 Å². The predicted molar refractivity (Wildman–Crippen MR) is 173 cm³/mol. The maximum absolute atomic E-state index is 13.2. The number of piperidine rings is 2. The summed E-state index contributed by atoms with van der Waals surface area (Å²) in [6.45, 7) is 4.72. The number of amides is 3. The summed E-state index contributed by atoms with van der Waals surface area (Å²) in [5, 5.41) is 10.8. The quantitative estimate of drug-likeness (QED) is 0.343. The molecule has 1 aromatic carbocycles. The van der Waals surface area contributed by atoms with Gasteiger partial charge in [-0.25, -0.2) is 27.5 Å². The van der Waals surface area contributed by atoms with Crippen molar-refractivity contribution in [1.82, 2.24) is 34.3 Å². The number of sulfonamides is 1. The molecule has 0 bridgehead atoms. The molecule has 17 heteroatoms. The molecule has 6 rings (SSSR count). The van der Waals surface area contributed by atoms with Gasteiger partial charge in [-0.05, 0) is 75.7 Å². The molecular formula is C31H40F3N9O4S. The molecule has 0 aliphatic carbocycles. The molecule has 2 N–H and O–H groups in total. The fraction of sp³-hybridized carbons (Fsp3) is 0.581. The molecule has 3 aromatic rings. The number of urea groups is 1. The molecule has 48 heavy (non-hydrogen) atoms. The average molecular weight is 692 g/mol. The van der Waals surface area contributed by atoms with E-state index in [-0.39, 0.29) is 42.7 Å². The first kappa shape index (κ1) is 34.0. The minimum Gasteiger partial charge on any atom is -0.351 e. The van der Waals surface area contributed by atoms with Crippen molar-refractivity contribution in [3.05, 3.63) is 41.7 Å². The summed E-state index contributed by atoms with van der Waals surface area (Å²) in [5.74, 6) is 0.744. The number of aromatic nitrogens is 4. The normalized spacial score (nSPS) is 20.3. The molecule has 13 nitrogen and oxygen atoms in total. The molecule has 3 saturated heterocycles. The van der Waals surface area contributed by atoms with Crippen LogP contribution in [0.4, 0.5) is 29.7 Å². The number of aryl methyl sites for hydroxylation is 1. The zero-order chi connectivity index (χ0) is 34.2. The molecule has 3 fully saturated rings. The van der Waals surface area contributed by atoms with E-state index in [1.165, 1.54) is 14.8 Å². The van der Waals surface area contributed by atoms with Crippen molar-refractivity contribution in [2.24, 2.45) is 7.05 Å². The number of anilines is 2. The lowest BCUT2D eigenvalue weighted by atomic mass is 9.88. The van der Waals surface area contributed by atoms with Gasteiger partial charge in [0.15, 0.2) is 5.82 Å². The van der Waals surface area contributed by atoms with Crippen LogP contribution in [0.1, 0.15) is 62.5 Å². The van der Waals surface area contributed by atoms with Crippen molar-refractivity contribution in [3.8, 4) is 0 Å². The lowest BCUT2D eigenvalue weighted by molar-refractivity contribution is -0.138. The first-order chi connectivity index (χ1) is 22.8. The molecule has 3 aliphatic rings. The first-order valence-electron chi connectivity index (χ1n) is 16.2. The summed E-state index contributed by atoms with van der Waals surface area (Å²) in [6.07, 6.45) is 0.607. The van der Waals surface area contributed by atoms with Gasteiger partial charge in [0.25, 0.3) is 0 Å². The summed E-state index contributed by atoms with van der Waals surface area (Å²) in [5.41, 5.74) is 1.20. The summed E-state index contributed by atoms with van der Waals surface area (Å²) in [6, 6.07) is 5.73. The van der Waals surface area contributed by atoms with E-state index < -0.39 is 27.8 Å². The van der Waals surface area contributed by atoms with Gasteiger partial charge in [0.05, 0.1) is 16.8 Å². The maximum Gasteiger partial charge on any atom is 0.419 e. The van der Waals surface area contributed by atoms with Gasteiger partial charge < -0.3 is 10.2 Å². The van der Waals surface area contributed by atoms with Crippen molar-refractivity contribution in [2.75, 3.05) is 48.7 Å². The van der Waals surface area contributed by atoms with E-state index in [0.29, 0.717) is 44.1 Å². The van der Waals surface area contributed by atoms with Crippen LogP contribution in [0.15, 0.2) is 30.6 Å². The summed E-state index contributed by atoms with van der Waals surface area (Å²) >= 11 is 0. The largest absolute Gasteiger partial charge is 0.419 e. The number of benzene rings is 1. The molecule has 260 valence electrons. The number of imide groups is 1. The summed E-state index contributed by atoms with van der Waals surface area (Å²) in [7, 11) is -1.61. The standard InChI is InChI=1S/C31H40F3N9O4S/c1-20(10-16-48(46,47)42-13-7-24(8-14-42)37-29-35-18-23(19-36-29)31(32,33)34)41-11-5-21(6-12-41)22-3-4-25-26(17-22)40(2)39-28(25)43-15-9-27(44)38-30(43)45/h3-4,17-21,24H,5-16H2,1-2H3,(H,35,36,37)(H,38,44,45). The second-order valence-electron chi connectivity index (χ2n) is 12.9. The Morgan fingerprint density at radius 3 is 2.35 bits per heavy atom. The van der Waals surface area contributed by atoms with Crippen LogP contribution in [-0.2, 0) is 28.0 Å². The van der Waals surface area contributed by atoms with Gasteiger partial charge in [0, 0.05) is 63.0 Å². The Balaban J connectivity index is 0.966. The molecule has 2 aromatic heterocycles. The Kier molecular flexibility index (Phi) is 9.64. The number of likely N-dealkylation sites (tertiary alicyclic amines) is 1. The van der Waals surface area contributed by atoms with Crippen LogP contribution in [0, 0.1) is 0 Å². The molecule has 5 heterocycles. The third-order valence-electron chi connectivity index (χ3n) is 9.74. The van der Waals surface area contributed by atoms with Crippen LogP contribution >= 0.6 is 0 Å². The van der Waals surface area contributed by atoms with Gasteiger partial charge >= 0.3 is 12.2 Å². The monoisotopic (exact) mass is 691 g/mol. The van der Waals surface area contributed by atoms with E-state index in [1.807, 2.05) is 13.1 Å². The highest BCUT2D eigenvalue weighted by atomic mass is 32.2.